The first-order valence-electron chi connectivity index (χ1n) is 5.69. The predicted molar refractivity (Wildman–Crippen MR) is 88.6 cm³/mol. The van der Waals surface area contributed by atoms with Gasteiger partial charge >= 0.3 is 0 Å². The molecule has 0 heterocycles. The van der Waals surface area contributed by atoms with Crippen LogP contribution in [0, 0.1) is 0 Å². The maximum atomic E-state index is 4.08. The molecular formula is C14H18IN3. The number of aliphatic imine (C=N–C) groups is 1. The second-order valence-electron chi connectivity index (χ2n) is 3.86. The van der Waals surface area contributed by atoms with Crippen LogP contribution in [0.25, 0.3) is 10.8 Å². The first-order chi connectivity index (χ1) is 8.33. The van der Waals surface area contributed by atoms with E-state index in [0.29, 0.717) is 0 Å². The second kappa shape index (κ2) is 7.20. The van der Waals surface area contributed by atoms with Crippen LogP contribution in [0.15, 0.2) is 47.5 Å². The molecular weight excluding hydrogens is 337 g/mol. The topological polar surface area (TPSA) is 36.4 Å². The maximum Gasteiger partial charge on any atom is 0.190 e. The molecule has 2 N–H and O–H groups in total. The lowest BCUT2D eigenvalue weighted by Crippen LogP contribution is -2.34. The highest BCUT2D eigenvalue weighted by atomic mass is 127. The van der Waals surface area contributed by atoms with Crippen molar-refractivity contribution in [3.05, 3.63) is 48.0 Å². The molecule has 0 amide bonds. The van der Waals surface area contributed by atoms with Gasteiger partial charge in [0.1, 0.15) is 0 Å². The van der Waals surface area contributed by atoms with Crippen LogP contribution >= 0.6 is 24.0 Å². The molecule has 0 radical (unpaired) electrons. The summed E-state index contributed by atoms with van der Waals surface area (Å²) in [6, 6.07) is 14.9. The number of nitrogens with one attached hydrogen (secondary N) is 2. The van der Waals surface area contributed by atoms with Crippen molar-refractivity contribution >= 4 is 40.7 Å². The summed E-state index contributed by atoms with van der Waals surface area (Å²) in [4.78, 5) is 4.08. The number of benzene rings is 2. The smallest absolute Gasteiger partial charge is 0.190 e. The summed E-state index contributed by atoms with van der Waals surface area (Å²) >= 11 is 0. The Kier molecular flexibility index (Phi) is 5.91. The number of hydrogen-bond acceptors (Lipinski definition) is 1. The summed E-state index contributed by atoms with van der Waals surface area (Å²) in [6.45, 7) is 0.776. The minimum atomic E-state index is 0. The monoisotopic (exact) mass is 355 g/mol. The SMILES string of the molecule is CN=C(NC)NCc1ccc2ccccc2c1.I. The molecule has 0 spiro atoms. The van der Waals surface area contributed by atoms with Crippen molar-refractivity contribution in [1.29, 1.82) is 0 Å². The van der Waals surface area contributed by atoms with Crippen molar-refractivity contribution in [2.75, 3.05) is 14.1 Å². The molecule has 2 aromatic rings. The number of nitrogens with zero attached hydrogens (tertiary/aromatic N) is 1. The van der Waals surface area contributed by atoms with Crippen molar-refractivity contribution in [3.8, 4) is 0 Å². The normalized spacial score (nSPS) is 10.9. The summed E-state index contributed by atoms with van der Waals surface area (Å²) in [5, 5.41) is 8.78. The quantitative estimate of drug-likeness (QED) is 0.494. The maximum absolute atomic E-state index is 4.08. The van der Waals surface area contributed by atoms with Crippen LogP contribution < -0.4 is 10.6 Å². The van der Waals surface area contributed by atoms with E-state index in [4.69, 9.17) is 0 Å². The number of guanidine groups is 1. The molecule has 0 aromatic heterocycles. The molecule has 0 saturated carbocycles. The molecule has 0 aliphatic heterocycles. The second-order valence-corrected chi connectivity index (χ2v) is 3.86. The predicted octanol–water partition coefficient (Wildman–Crippen LogP) is 2.75. The lowest BCUT2D eigenvalue weighted by Gasteiger charge is -2.09. The molecule has 0 bridgehead atoms. The molecule has 0 atom stereocenters. The summed E-state index contributed by atoms with van der Waals surface area (Å²) in [6.07, 6.45) is 0. The van der Waals surface area contributed by atoms with Crippen LogP contribution in [-0.4, -0.2) is 20.1 Å². The van der Waals surface area contributed by atoms with Gasteiger partial charge in [-0.05, 0) is 22.4 Å². The average Bonchev–Trinajstić information content (AvgIpc) is 2.40. The van der Waals surface area contributed by atoms with Gasteiger partial charge in [0.2, 0.25) is 0 Å². The summed E-state index contributed by atoms with van der Waals surface area (Å²) in [7, 11) is 3.62. The van der Waals surface area contributed by atoms with Crippen molar-refractivity contribution in [3.63, 3.8) is 0 Å². The highest BCUT2D eigenvalue weighted by molar-refractivity contribution is 14.0. The van der Waals surface area contributed by atoms with Crippen LogP contribution in [-0.2, 0) is 6.54 Å². The van der Waals surface area contributed by atoms with E-state index in [1.165, 1.54) is 16.3 Å². The van der Waals surface area contributed by atoms with E-state index in [0.717, 1.165) is 12.5 Å². The lowest BCUT2D eigenvalue weighted by atomic mass is 10.1. The van der Waals surface area contributed by atoms with Crippen molar-refractivity contribution < 1.29 is 0 Å². The zero-order valence-electron chi connectivity index (χ0n) is 10.6. The van der Waals surface area contributed by atoms with E-state index in [-0.39, 0.29) is 24.0 Å². The standard InChI is InChI=1S/C14H17N3.HI/c1-15-14(16-2)17-10-11-7-8-12-5-3-4-6-13(12)9-11;/h3-9H,10H2,1-2H3,(H2,15,16,17);1H. The molecule has 0 fully saturated rings. The zero-order chi connectivity index (χ0) is 12.1. The Bertz CT molecular complexity index is 537. The first kappa shape index (κ1) is 14.8. The Labute approximate surface area is 125 Å². The van der Waals surface area contributed by atoms with Crippen LogP contribution in [0.1, 0.15) is 5.56 Å². The minimum Gasteiger partial charge on any atom is -0.359 e. The number of rotatable bonds is 2. The third-order valence-corrected chi connectivity index (χ3v) is 2.73. The van der Waals surface area contributed by atoms with Crippen LogP contribution in [0.2, 0.25) is 0 Å². The van der Waals surface area contributed by atoms with Gasteiger partial charge in [0.25, 0.3) is 0 Å². The lowest BCUT2D eigenvalue weighted by molar-refractivity contribution is 0.867. The zero-order valence-corrected chi connectivity index (χ0v) is 12.9. The van der Waals surface area contributed by atoms with E-state index >= 15 is 0 Å². The van der Waals surface area contributed by atoms with Gasteiger partial charge in [-0.25, -0.2) is 0 Å². The van der Waals surface area contributed by atoms with Gasteiger partial charge in [-0.15, -0.1) is 24.0 Å². The number of fused-ring (bicyclic) bond motifs is 1. The van der Waals surface area contributed by atoms with Crippen molar-refractivity contribution in [2.24, 2.45) is 4.99 Å². The Morgan fingerprint density at radius 1 is 1.11 bits per heavy atom. The fraction of sp³-hybridized carbons (Fsp3) is 0.214. The van der Waals surface area contributed by atoms with Crippen molar-refractivity contribution in [1.82, 2.24) is 10.6 Å². The molecule has 2 rings (SSSR count). The van der Waals surface area contributed by atoms with E-state index in [2.05, 4.69) is 58.1 Å². The summed E-state index contributed by atoms with van der Waals surface area (Å²) < 4.78 is 0. The van der Waals surface area contributed by atoms with Crippen molar-refractivity contribution in [2.45, 2.75) is 6.54 Å². The molecule has 0 aliphatic rings. The van der Waals surface area contributed by atoms with Crippen LogP contribution in [0.4, 0.5) is 0 Å². The molecule has 0 unspecified atom stereocenters. The number of hydrogen-bond donors (Lipinski definition) is 2. The molecule has 2 aromatic carbocycles. The summed E-state index contributed by atoms with van der Waals surface area (Å²) in [5.74, 6) is 0.804. The third-order valence-electron chi connectivity index (χ3n) is 2.73. The fourth-order valence-electron chi connectivity index (χ4n) is 1.81. The van der Waals surface area contributed by atoms with Gasteiger partial charge in [-0.1, -0.05) is 36.4 Å². The van der Waals surface area contributed by atoms with Gasteiger partial charge < -0.3 is 10.6 Å². The Balaban J connectivity index is 0.00000162. The van der Waals surface area contributed by atoms with Gasteiger partial charge in [0, 0.05) is 20.6 Å². The Morgan fingerprint density at radius 2 is 1.83 bits per heavy atom. The van der Waals surface area contributed by atoms with Gasteiger partial charge in [0.05, 0.1) is 0 Å². The average molecular weight is 355 g/mol. The molecule has 3 nitrogen and oxygen atoms in total. The van der Waals surface area contributed by atoms with Gasteiger partial charge in [-0.3, -0.25) is 4.99 Å². The van der Waals surface area contributed by atoms with E-state index < -0.39 is 0 Å². The van der Waals surface area contributed by atoms with Crippen LogP contribution in [0.3, 0.4) is 0 Å². The molecule has 0 saturated heterocycles. The van der Waals surface area contributed by atoms with E-state index in [1.54, 1.807) is 7.05 Å². The van der Waals surface area contributed by atoms with Gasteiger partial charge in [-0.2, -0.15) is 0 Å². The van der Waals surface area contributed by atoms with Gasteiger partial charge in [0.15, 0.2) is 5.96 Å². The van der Waals surface area contributed by atoms with E-state index in [9.17, 15) is 0 Å². The molecule has 0 aliphatic carbocycles. The fourth-order valence-corrected chi connectivity index (χ4v) is 1.81. The third kappa shape index (κ3) is 3.60. The largest absolute Gasteiger partial charge is 0.359 e. The first-order valence-corrected chi connectivity index (χ1v) is 5.69. The van der Waals surface area contributed by atoms with E-state index in [1.807, 2.05) is 7.05 Å². The molecule has 96 valence electrons. The Hall–Kier alpha value is -1.30. The highest BCUT2D eigenvalue weighted by Crippen LogP contribution is 2.15. The molecule has 4 heteroatoms. The number of halogens is 1. The summed E-state index contributed by atoms with van der Waals surface area (Å²) in [5.41, 5.74) is 1.25. The van der Waals surface area contributed by atoms with Crippen LogP contribution in [0.5, 0.6) is 0 Å². The minimum absolute atomic E-state index is 0. The highest BCUT2D eigenvalue weighted by Gasteiger charge is 1.97. The molecule has 18 heavy (non-hydrogen) atoms. The Morgan fingerprint density at radius 3 is 2.50 bits per heavy atom.